The Kier molecular flexibility index (Phi) is 3.31. The summed E-state index contributed by atoms with van der Waals surface area (Å²) in [5, 5.41) is 4.23. The minimum absolute atomic E-state index is 0.0461. The number of anilines is 1. The highest BCUT2D eigenvalue weighted by Crippen LogP contribution is 2.28. The number of carbonyl (C=O) groups excluding carboxylic acids is 1. The van der Waals surface area contributed by atoms with Gasteiger partial charge in [0.25, 0.3) is 5.91 Å². The molecule has 106 valence electrons. The molecule has 0 aliphatic carbocycles. The van der Waals surface area contributed by atoms with Crippen LogP contribution in [0, 0.1) is 0 Å². The largest absolute Gasteiger partial charge is 0.377 e. The summed E-state index contributed by atoms with van der Waals surface area (Å²) in [5.41, 5.74) is 8.42. The van der Waals surface area contributed by atoms with Gasteiger partial charge in [-0.25, -0.2) is 4.98 Å². The van der Waals surface area contributed by atoms with Crippen LogP contribution >= 0.6 is 0 Å². The molecule has 0 bridgehead atoms. The number of nitrogens with two attached hydrogens (primary N) is 1. The molecule has 5 heteroatoms. The van der Waals surface area contributed by atoms with Crippen LogP contribution in [-0.4, -0.2) is 15.9 Å². The Morgan fingerprint density at radius 2 is 2.05 bits per heavy atom. The van der Waals surface area contributed by atoms with Crippen LogP contribution in [-0.2, 0) is 0 Å². The van der Waals surface area contributed by atoms with Gasteiger partial charge in [0.2, 0.25) is 0 Å². The van der Waals surface area contributed by atoms with E-state index in [9.17, 15) is 4.79 Å². The van der Waals surface area contributed by atoms with Crippen LogP contribution in [0.1, 0.15) is 28.9 Å². The van der Waals surface area contributed by atoms with E-state index in [1.165, 1.54) is 6.20 Å². The van der Waals surface area contributed by atoms with E-state index in [2.05, 4.69) is 15.3 Å². The van der Waals surface area contributed by atoms with E-state index in [0.717, 1.165) is 16.6 Å². The quantitative estimate of drug-likeness (QED) is 0.687. The molecular formula is C16H16N4O. The molecule has 3 aromatic rings. The predicted octanol–water partition coefficient (Wildman–Crippen LogP) is 2.83. The first-order valence-electron chi connectivity index (χ1n) is 6.74. The molecule has 2 heterocycles. The second kappa shape index (κ2) is 5.28. The zero-order chi connectivity index (χ0) is 14.8. The van der Waals surface area contributed by atoms with Gasteiger partial charge in [-0.15, -0.1) is 0 Å². The highest BCUT2D eigenvalue weighted by atomic mass is 16.1. The normalized spacial score (nSPS) is 12.2. The lowest BCUT2D eigenvalue weighted by molar-refractivity contribution is 0.100. The van der Waals surface area contributed by atoms with E-state index < -0.39 is 5.91 Å². The van der Waals surface area contributed by atoms with Crippen molar-refractivity contribution in [3.05, 3.63) is 59.9 Å². The van der Waals surface area contributed by atoms with Gasteiger partial charge in [0.15, 0.2) is 0 Å². The van der Waals surface area contributed by atoms with Crippen molar-refractivity contribution in [3.8, 4) is 0 Å². The van der Waals surface area contributed by atoms with E-state index in [-0.39, 0.29) is 6.04 Å². The Bertz CT molecular complexity index is 779. The Morgan fingerprint density at radius 3 is 2.76 bits per heavy atom. The Balaban J connectivity index is 2.04. The van der Waals surface area contributed by atoms with Gasteiger partial charge in [0.1, 0.15) is 5.65 Å². The average Bonchev–Trinajstić information content (AvgIpc) is 2.97. The molecule has 0 saturated heterocycles. The van der Waals surface area contributed by atoms with E-state index in [1.54, 1.807) is 6.20 Å². The minimum Gasteiger partial charge on any atom is -0.377 e. The number of benzene rings is 1. The summed E-state index contributed by atoms with van der Waals surface area (Å²) in [7, 11) is 0. The van der Waals surface area contributed by atoms with E-state index in [1.807, 2.05) is 43.3 Å². The highest BCUT2D eigenvalue weighted by molar-refractivity contribution is 6.05. The van der Waals surface area contributed by atoms with Crippen molar-refractivity contribution in [1.82, 2.24) is 9.97 Å². The zero-order valence-electron chi connectivity index (χ0n) is 11.6. The molecule has 1 amide bonds. The van der Waals surface area contributed by atoms with Gasteiger partial charge < -0.3 is 16.0 Å². The SMILES string of the molecule is C[C@H](Nc1c(C(N)=O)cnc2[nH]ccc12)c1ccccc1. The standard InChI is InChI=1S/C16H16N4O/c1-10(11-5-3-2-4-6-11)20-14-12-7-8-18-16(12)19-9-13(14)15(17)21/h2-10H,1H3,(H2,17,21)(H2,18,19,20)/t10-/m0/s1. The van der Waals surface area contributed by atoms with Crippen LogP contribution in [0.4, 0.5) is 5.69 Å². The summed E-state index contributed by atoms with van der Waals surface area (Å²) in [4.78, 5) is 18.9. The number of nitrogens with zero attached hydrogens (tertiary/aromatic N) is 1. The number of rotatable bonds is 4. The molecule has 21 heavy (non-hydrogen) atoms. The van der Waals surface area contributed by atoms with Gasteiger partial charge in [-0.1, -0.05) is 30.3 Å². The number of amides is 1. The number of carbonyl (C=O) groups is 1. The third kappa shape index (κ3) is 2.45. The van der Waals surface area contributed by atoms with E-state index >= 15 is 0 Å². The number of pyridine rings is 1. The lowest BCUT2D eigenvalue weighted by Crippen LogP contribution is -2.16. The molecule has 3 rings (SSSR count). The van der Waals surface area contributed by atoms with Crippen molar-refractivity contribution >= 4 is 22.6 Å². The van der Waals surface area contributed by atoms with Crippen molar-refractivity contribution in [2.75, 3.05) is 5.32 Å². The Hall–Kier alpha value is -2.82. The summed E-state index contributed by atoms with van der Waals surface area (Å²) >= 11 is 0. The van der Waals surface area contributed by atoms with Crippen LogP contribution < -0.4 is 11.1 Å². The summed E-state index contributed by atoms with van der Waals surface area (Å²) < 4.78 is 0. The number of H-pyrrole nitrogens is 1. The number of hydrogen-bond donors (Lipinski definition) is 3. The number of aromatic nitrogens is 2. The monoisotopic (exact) mass is 280 g/mol. The second-order valence-corrected chi connectivity index (χ2v) is 4.93. The molecule has 0 saturated carbocycles. The molecule has 1 aromatic carbocycles. The van der Waals surface area contributed by atoms with Gasteiger partial charge in [-0.05, 0) is 18.6 Å². The van der Waals surface area contributed by atoms with E-state index in [0.29, 0.717) is 11.3 Å². The fourth-order valence-electron chi connectivity index (χ4n) is 2.39. The number of fused-ring (bicyclic) bond motifs is 1. The van der Waals surface area contributed by atoms with Crippen molar-refractivity contribution in [3.63, 3.8) is 0 Å². The van der Waals surface area contributed by atoms with Crippen LogP contribution in [0.3, 0.4) is 0 Å². The topological polar surface area (TPSA) is 83.8 Å². The fourth-order valence-corrected chi connectivity index (χ4v) is 2.39. The summed E-state index contributed by atoms with van der Waals surface area (Å²) in [6.07, 6.45) is 3.29. The van der Waals surface area contributed by atoms with Crippen LogP contribution in [0.2, 0.25) is 0 Å². The van der Waals surface area contributed by atoms with Gasteiger partial charge in [-0.3, -0.25) is 4.79 Å². The summed E-state index contributed by atoms with van der Waals surface area (Å²) in [6.45, 7) is 2.04. The Morgan fingerprint density at radius 1 is 1.29 bits per heavy atom. The van der Waals surface area contributed by atoms with Gasteiger partial charge >= 0.3 is 0 Å². The van der Waals surface area contributed by atoms with Gasteiger partial charge in [0.05, 0.1) is 11.3 Å². The Labute approximate surface area is 122 Å². The first kappa shape index (κ1) is 13.2. The molecule has 1 atom stereocenters. The minimum atomic E-state index is -0.492. The third-order valence-electron chi connectivity index (χ3n) is 3.51. The molecular weight excluding hydrogens is 264 g/mol. The van der Waals surface area contributed by atoms with Gasteiger partial charge in [-0.2, -0.15) is 0 Å². The predicted molar refractivity (Wildman–Crippen MR) is 83.1 cm³/mol. The van der Waals surface area contributed by atoms with Crippen LogP contribution in [0.25, 0.3) is 11.0 Å². The maximum Gasteiger partial charge on any atom is 0.252 e. The number of primary amides is 1. The lowest BCUT2D eigenvalue weighted by atomic mass is 10.1. The molecule has 0 spiro atoms. The second-order valence-electron chi connectivity index (χ2n) is 4.93. The molecule has 0 fully saturated rings. The fraction of sp³-hybridized carbons (Fsp3) is 0.125. The number of nitrogens with one attached hydrogen (secondary N) is 2. The summed E-state index contributed by atoms with van der Waals surface area (Å²) in [5.74, 6) is -0.492. The third-order valence-corrected chi connectivity index (χ3v) is 3.51. The average molecular weight is 280 g/mol. The first-order valence-corrected chi connectivity index (χ1v) is 6.74. The molecule has 2 aromatic heterocycles. The highest BCUT2D eigenvalue weighted by Gasteiger charge is 2.16. The lowest BCUT2D eigenvalue weighted by Gasteiger charge is -2.18. The van der Waals surface area contributed by atoms with E-state index in [4.69, 9.17) is 5.73 Å². The molecule has 5 nitrogen and oxygen atoms in total. The van der Waals surface area contributed by atoms with Crippen LogP contribution in [0.5, 0.6) is 0 Å². The van der Waals surface area contributed by atoms with Crippen molar-refractivity contribution in [2.45, 2.75) is 13.0 Å². The van der Waals surface area contributed by atoms with Crippen molar-refractivity contribution in [1.29, 1.82) is 0 Å². The molecule has 0 aliphatic rings. The molecule has 0 radical (unpaired) electrons. The van der Waals surface area contributed by atoms with Crippen molar-refractivity contribution in [2.24, 2.45) is 5.73 Å². The first-order chi connectivity index (χ1) is 10.2. The number of aromatic amines is 1. The molecule has 0 aliphatic heterocycles. The van der Waals surface area contributed by atoms with Gasteiger partial charge in [0, 0.05) is 23.8 Å². The summed E-state index contributed by atoms with van der Waals surface area (Å²) in [6, 6.07) is 12.0. The van der Waals surface area contributed by atoms with Crippen molar-refractivity contribution < 1.29 is 4.79 Å². The van der Waals surface area contributed by atoms with Crippen LogP contribution in [0.15, 0.2) is 48.8 Å². The number of hydrogen-bond acceptors (Lipinski definition) is 3. The maximum atomic E-state index is 11.6. The molecule has 4 N–H and O–H groups in total. The molecule has 0 unspecified atom stereocenters. The smallest absolute Gasteiger partial charge is 0.252 e. The zero-order valence-corrected chi connectivity index (χ0v) is 11.6. The maximum absolute atomic E-state index is 11.6.